The van der Waals surface area contributed by atoms with Crippen molar-refractivity contribution in [1.29, 1.82) is 0 Å². The largest absolute Gasteiger partial charge is 0.368 e. The van der Waals surface area contributed by atoms with Gasteiger partial charge >= 0.3 is 0 Å². The Kier molecular flexibility index (Phi) is 38.3. The van der Waals surface area contributed by atoms with Crippen molar-refractivity contribution in [2.24, 2.45) is 35.1 Å². The molecule has 12 amide bonds. The molecule has 25 heteroatoms. The van der Waals surface area contributed by atoms with Crippen LogP contribution in [-0.2, 0) is 57.5 Å². The number of nitrogens with two attached hydrogens (primary N) is 2. The maximum Gasteiger partial charge on any atom is 0.243 e. The molecule has 0 rings (SSSR count). The Morgan fingerprint density at radius 2 is 0.556 bits per heavy atom. The normalized spacial score (nSPS) is 15.5. The van der Waals surface area contributed by atoms with E-state index in [2.05, 4.69) is 58.5 Å². The van der Waals surface area contributed by atoms with E-state index in [-0.39, 0.29) is 68.3 Å². The molecule has 0 saturated heterocycles. The number of hydrogen-bond donors (Lipinski definition) is 13. The fraction of sp³-hybridized carbons (Fsp3) is 0.786. The van der Waals surface area contributed by atoms with E-state index in [4.69, 9.17) is 11.5 Å². The molecule has 0 bridgehead atoms. The van der Waals surface area contributed by atoms with Crippen molar-refractivity contribution in [2.75, 3.05) is 26.2 Å². The Labute approximate surface area is 480 Å². The number of unbranched alkanes of at least 4 members (excludes halogenated alkanes) is 4. The van der Waals surface area contributed by atoms with Gasteiger partial charge in [-0.1, -0.05) is 81.1 Å². The third-order valence-electron chi connectivity index (χ3n) is 14.7. The summed E-state index contributed by atoms with van der Waals surface area (Å²) in [6, 6.07) is -9.30. The Morgan fingerprint density at radius 1 is 0.321 bits per heavy atom. The Hall–Kier alpha value is -6.40. The average molecular weight is 1150 g/mol. The van der Waals surface area contributed by atoms with Crippen LogP contribution in [0.2, 0.25) is 0 Å². The first kappa shape index (κ1) is 74.6. The standard InChI is InChI=1S/C56H103N13O12/c1-13-33(5)45(57)53(78)64-42(26-18-22-30-60-38(10)71)50(75)68-47(35(7)15-3)55(80)66-44(28-20-24-32-62-40(12)73)52(77)69-48(36(8)16-4)56(81)65-43(27-19-23-31-61-39(11)72)51(76)67-46(34(6)14-2)54(79)63-41(49(58)74)25-17-21-29-59-37(9)70/h33-36,41-48H,13-32,57H2,1-12H3,(H2,58,74)(H,59,70)(H,60,71)(H,61,72)(H,62,73)(H,63,79)(H,64,78)(H,65,81)(H,66,80)(H,67,76)(H,68,75)(H,69,77)/t33-,34-,35-,36-,41-,42-,43-,44-,45-,46-,47-,48-/m0/s1. The van der Waals surface area contributed by atoms with Gasteiger partial charge in [-0.15, -0.1) is 0 Å². The fourth-order valence-electron chi connectivity index (χ4n) is 8.48. The number of carbonyl (C=O) groups is 12. The number of nitrogens with one attached hydrogen (secondary N) is 11. The maximum atomic E-state index is 14.6. The summed E-state index contributed by atoms with van der Waals surface area (Å²) in [6.45, 7) is 21.1. The molecule has 0 aromatic carbocycles. The van der Waals surface area contributed by atoms with Crippen LogP contribution in [0.25, 0.3) is 0 Å². The minimum Gasteiger partial charge on any atom is -0.368 e. The highest BCUT2D eigenvalue weighted by Crippen LogP contribution is 2.16. The molecule has 25 nitrogen and oxygen atoms in total. The summed E-state index contributed by atoms with van der Waals surface area (Å²) < 4.78 is 0. The predicted octanol–water partition coefficient (Wildman–Crippen LogP) is 0.603. The van der Waals surface area contributed by atoms with E-state index in [1.165, 1.54) is 27.7 Å². The first-order valence-corrected chi connectivity index (χ1v) is 29.3. The minimum atomic E-state index is -1.28. The molecule has 12 atom stereocenters. The minimum absolute atomic E-state index is 0.0414. The van der Waals surface area contributed by atoms with Gasteiger partial charge in [-0.05, 0) is 101 Å². The third kappa shape index (κ3) is 31.4. The summed E-state index contributed by atoms with van der Waals surface area (Å²) in [5.41, 5.74) is 11.9. The Bertz CT molecular complexity index is 2030. The number of hydrogen-bond acceptors (Lipinski definition) is 13. The molecule has 0 aromatic heterocycles. The van der Waals surface area contributed by atoms with Crippen molar-refractivity contribution in [3.8, 4) is 0 Å². The van der Waals surface area contributed by atoms with E-state index < -0.39 is 113 Å². The highest BCUT2D eigenvalue weighted by atomic mass is 16.2. The molecule has 0 aliphatic rings. The first-order chi connectivity index (χ1) is 38.1. The van der Waals surface area contributed by atoms with Crippen LogP contribution >= 0.6 is 0 Å². The molecule has 0 aliphatic heterocycles. The third-order valence-corrected chi connectivity index (χ3v) is 14.7. The van der Waals surface area contributed by atoms with Crippen LogP contribution in [-0.4, -0.2) is 145 Å². The molecular weight excluding hydrogens is 1050 g/mol. The summed E-state index contributed by atoms with van der Waals surface area (Å²) in [5, 5.41) is 30.3. The second kappa shape index (κ2) is 41.6. The lowest BCUT2D eigenvalue weighted by molar-refractivity contribution is -0.137. The molecule has 0 heterocycles. The maximum absolute atomic E-state index is 14.6. The topological polar surface area (TPSA) is 389 Å². The van der Waals surface area contributed by atoms with E-state index in [0.29, 0.717) is 90.1 Å². The van der Waals surface area contributed by atoms with E-state index in [0.717, 1.165) is 0 Å². The molecule has 0 spiro atoms. The van der Waals surface area contributed by atoms with Crippen molar-refractivity contribution in [1.82, 2.24) is 58.5 Å². The lowest BCUT2D eigenvalue weighted by atomic mass is 9.95. The fourth-order valence-corrected chi connectivity index (χ4v) is 8.48. The lowest BCUT2D eigenvalue weighted by Gasteiger charge is -2.31. The smallest absolute Gasteiger partial charge is 0.243 e. The van der Waals surface area contributed by atoms with E-state index in [1.807, 2.05) is 27.7 Å². The summed E-state index contributed by atoms with van der Waals surface area (Å²) in [7, 11) is 0. The SMILES string of the molecule is CC[C@H](C)[C@H](N)C(=O)N[C@@H](CCCCNC(C)=O)C(=O)N[C@H](C(=O)N[C@@H](CCCCNC(C)=O)C(=O)N[C@H](C(=O)N[C@@H](CCCCNC(C)=O)C(=O)N[C@H](C(=O)N[C@@H](CCCCNC(C)=O)C(N)=O)[C@@H](C)CC)[C@@H](C)CC)[C@@H](C)CC. The second-order valence-electron chi connectivity index (χ2n) is 21.6. The van der Waals surface area contributed by atoms with Gasteiger partial charge in [-0.3, -0.25) is 57.5 Å². The number of rotatable bonds is 43. The van der Waals surface area contributed by atoms with Gasteiger partial charge < -0.3 is 70.0 Å². The summed E-state index contributed by atoms with van der Waals surface area (Å²) in [5.74, 6) is -8.20. The number of amides is 12. The molecule has 15 N–H and O–H groups in total. The van der Waals surface area contributed by atoms with Crippen LogP contribution in [0.1, 0.15) is 186 Å². The molecule has 0 aromatic rings. The van der Waals surface area contributed by atoms with Crippen LogP contribution in [0.4, 0.5) is 0 Å². The van der Waals surface area contributed by atoms with Gasteiger partial charge in [0.05, 0.1) is 6.04 Å². The van der Waals surface area contributed by atoms with Crippen molar-refractivity contribution < 1.29 is 57.5 Å². The second-order valence-corrected chi connectivity index (χ2v) is 21.6. The monoisotopic (exact) mass is 1150 g/mol. The highest BCUT2D eigenvalue weighted by Gasteiger charge is 2.37. The first-order valence-electron chi connectivity index (χ1n) is 29.3. The molecular formula is C56H103N13O12. The predicted molar refractivity (Wildman–Crippen MR) is 309 cm³/mol. The molecule has 0 fully saturated rings. The van der Waals surface area contributed by atoms with Gasteiger partial charge in [-0.2, -0.15) is 0 Å². The Morgan fingerprint density at radius 3 is 0.790 bits per heavy atom. The van der Waals surface area contributed by atoms with Crippen LogP contribution in [0.3, 0.4) is 0 Å². The molecule has 0 saturated carbocycles. The molecule has 0 radical (unpaired) electrons. The summed E-state index contributed by atoms with van der Waals surface area (Å²) in [6.07, 6.45) is 5.62. The van der Waals surface area contributed by atoms with Crippen molar-refractivity contribution in [3.05, 3.63) is 0 Å². The van der Waals surface area contributed by atoms with Gasteiger partial charge in [-0.25, -0.2) is 0 Å². The molecule has 464 valence electrons. The van der Waals surface area contributed by atoms with Gasteiger partial charge in [0.2, 0.25) is 70.9 Å². The lowest BCUT2D eigenvalue weighted by Crippen LogP contribution is -2.62. The van der Waals surface area contributed by atoms with Crippen molar-refractivity contribution >= 4 is 70.9 Å². The molecule has 0 unspecified atom stereocenters. The summed E-state index contributed by atoms with van der Waals surface area (Å²) >= 11 is 0. The molecule has 81 heavy (non-hydrogen) atoms. The van der Waals surface area contributed by atoms with Crippen LogP contribution in [0, 0.1) is 23.7 Å². The van der Waals surface area contributed by atoms with E-state index in [9.17, 15) is 57.5 Å². The van der Waals surface area contributed by atoms with Crippen molar-refractivity contribution in [3.63, 3.8) is 0 Å². The van der Waals surface area contributed by atoms with Gasteiger partial charge in [0.15, 0.2) is 0 Å². The number of primary amides is 1. The average Bonchev–Trinajstić information content (AvgIpc) is 3.44. The quantitative estimate of drug-likeness (QED) is 0.0373. The van der Waals surface area contributed by atoms with Crippen LogP contribution < -0.4 is 70.0 Å². The van der Waals surface area contributed by atoms with Gasteiger partial charge in [0.1, 0.15) is 42.3 Å². The van der Waals surface area contributed by atoms with E-state index >= 15 is 0 Å². The zero-order valence-electron chi connectivity index (χ0n) is 50.6. The van der Waals surface area contributed by atoms with Gasteiger partial charge in [0.25, 0.3) is 0 Å². The van der Waals surface area contributed by atoms with E-state index in [1.54, 1.807) is 27.7 Å². The van der Waals surface area contributed by atoms with Crippen molar-refractivity contribution in [2.45, 2.75) is 234 Å². The van der Waals surface area contributed by atoms with Crippen LogP contribution in [0.15, 0.2) is 0 Å². The highest BCUT2D eigenvalue weighted by molar-refractivity contribution is 5.98. The van der Waals surface area contributed by atoms with Gasteiger partial charge in [0, 0.05) is 53.9 Å². The zero-order valence-corrected chi connectivity index (χ0v) is 50.6. The summed E-state index contributed by atoms with van der Waals surface area (Å²) in [4.78, 5) is 158. The Balaban J connectivity index is 7.04. The zero-order chi connectivity index (χ0) is 61.8. The number of carbonyl (C=O) groups excluding carboxylic acids is 12. The van der Waals surface area contributed by atoms with Crippen LogP contribution in [0.5, 0.6) is 0 Å². The molecule has 0 aliphatic carbocycles.